The Labute approximate surface area is 202 Å². The summed E-state index contributed by atoms with van der Waals surface area (Å²) in [5, 5.41) is 12.0. The van der Waals surface area contributed by atoms with Crippen molar-refractivity contribution in [3.63, 3.8) is 0 Å². The zero-order valence-corrected chi connectivity index (χ0v) is 21.5. The maximum Gasteiger partial charge on any atom is 0.220 e. The standard InChI is InChI=1S/C22H37N5OS.HI/c1-23-22(25-12-11-24-20(28)15-17-7-3-4-8-17)26-16-18-9-5-13-27(2)21(18)19-10-6-14-29-19;/h6,10,14,17-18,21H,3-5,7-9,11-13,15-16H2,1-2H3,(H,24,28)(H2,23,25,26);1H. The molecule has 3 rings (SSSR count). The zero-order valence-electron chi connectivity index (χ0n) is 18.4. The number of carbonyl (C=O) groups excluding carboxylic acids is 1. The van der Waals surface area contributed by atoms with E-state index in [9.17, 15) is 4.79 Å². The summed E-state index contributed by atoms with van der Waals surface area (Å²) in [7, 11) is 4.04. The molecule has 2 aliphatic rings. The quantitative estimate of drug-likeness (QED) is 0.201. The summed E-state index contributed by atoms with van der Waals surface area (Å²) >= 11 is 1.85. The van der Waals surface area contributed by atoms with Crippen LogP contribution in [0, 0.1) is 11.8 Å². The van der Waals surface area contributed by atoms with Crippen molar-refractivity contribution in [1.29, 1.82) is 0 Å². The van der Waals surface area contributed by atoms with Crippen LogP contribution < -0.4 is 16.0 Å². The lowest BCUT2D eigenvalue weighted by molar-refractivity contribution is -0.121. The third kappa shape index (κ3) is 7.67. The fraction of sp³-hybridized carbons (Fsp3) is 0.727. The lowest BCUT2D eigenvalue weighted by Gasteiger charge is -2.39. The highest BCUT2D eigenvalue weighted by molar-refractivity contribution is 14.0. The van der Waals surface area contributed by atoms with Crippen molar-refractivity contribution in [3.8, 4) is 0 Å². The van der Waals surface area contributed by atoms with Gasteiger partial charge in [-0.2, -0.15) is 0 Å². The molecule has 0 radical (unpaired) electrons. The molecule has 6 nitrogen and oxygen atoms in total. The number of amides is 1. The number of guanidine groups is 1. The van der Waals surface area contributed by atoms with E-state index >= 15 is 0 Å². The molecule has 2 atom stereocenters. The van der Waals surface area contributed by atoms with Crippen LogP contribution in [-0.4, -0.2) is 57.0 Å². The molecule has 2 unspecified atom stereocenters. The summed E-state index contributed by atoms with van der Waals surface area (Å²) in [6, 6.07) is 4.88. The van der Waals surface area contributed by atoms with E-state index in [1.54, 1.807) is 7.05 Å². The van der Waals surface area contributed by atoms with Crippen LogP contribution in [0.5, 0.6) is 0 Å². The molecular formula is C22H38IN5OS. The first-order valence-corrected chi connectivity index (χ1v) is 12.0. The second kappa shape index (κ2) is 13.5. The van der Waals surface area contributed by atoms with Gasteiger partial charge >= 0.3 is 0 Å². The molecule has 8 heteroatoms. The van der Waals surface area contributed by atoms with Gasteiger partial charge in [-0.3, -0.25) is 14.7 Å². The number of thiophene rings is 1. The summed E-state index contributed by atoms with van der Waals surface area (Å²) in [5.41, 5.74) is 0. The van der Waals surface area contributed by atoms with Crippen molar-refractivity contribution in [2.45, 2.75) is 51.0 Å². The third-order valence-corrected chi connectivity index (χ3v) is 7.23. The van der Waals surface area contributed by atoms with Crippen molar-refractivity contribution < 1.29 is 4.79 Å². The average Bonchev–Trinajstić information content (AvgIpc) is 3.41. The number of halogens is 1. The van der Waals surface area contributed by atoms with Crippen LogP contribution in [-0.2, 0) is 4.79 Å². The molecular weight excluding hydrogens is 509 g/mol. The van der Waals surface area contributed by atoms with Gasteiger partial charge in [0.05, 0.1) is 0 Å². The van der Waals surface area contributed by atoms with Crippen LogP contribution in [0.15, 0.2) is 22.5 Å². The lowest BCUT2D eigenvalue weighted by atomic mass is 9.88. The van der Waals surface area contributed by atoms with Crippen LogP contribution in [0.4, 0.5) is 0 Å². The fourth-order valence-corrected chi connectivity index (χ4v) is 5.75. The Morgan fingerprint density at radius 2 is 1.93 bits per heavy atom. The Bertz CT molecular complexity index is 648. The predicted molar refractivity (Wildman–Crippen MR) is 137 cm³/mol. The predicted octanol–water partition coefficient (Wildman–Crippen LogP) is 3.61. The molecule has 1 amide bonds. The summed E-state index contributed by atoms with van der Waals surface area (Å²) in [5.74, 6) is 2.17. The molecule has 1 aromatic heterocycles. The number of likely N-dealkylation sites (tertiary alicyclic amines) is 1. The molecule has 1 saturated heterocycles. The number of rotatable bonds is 8. The van der Waals surface area contributed by atoms with E-state index in [-0.39, 0.29) is 29.9 Å². The van der Waals surface area contributed by atoms with E-state index < -0.39 is 0 Å². The van der Waals surface area contributed by atoms with Gasteiger partial charge in [0.2, 0.25) is 5.91 Å². The number of hydrogen-bond donors (Lipinski definition) is 3. The molecule has 0 aromatic carbocycles. The molecule has 0 spiro atoms. The van der Waals surface area contributed by atoms with Gasteiger partial charge < -0.3 is 16.0 Å². The Morgan fingerprint density at radius 3 is 2.63 bits per heavy atom. The molecule has 170 valence electrons. The number of nitrogens with one attached hydrogen (secondary N) is 3. The van der Waals surface area contributed by atoms with Crippen molar-refractivity contribution in [2.24, 2.45) is 16.8 Å². The first-order chi connectivity index (χ1) is 14.2. The fourth-order valence-electron chi connectivity index (χ4n) is 4.76. The maximum absolute atomic E-state index is 12.0. The van der Waals surface area contributed by atoms with Crippen LogP contribution in [0.3, 0.4) is 0 Å². The van der Waals surface area contributed by atoms with Crippen molar-refractivity contribution in [3.05, 3.63) is 22.4 Å². The van der Waals surface area contributed by atoms with Gasteiger partial charge in [0.15, 0.2) is 5.96 Å². The topological polar surface area (TPSA) is 68.8 Å². The summed E-state index contributed by atoms with van der Waals surface area (Å²) in [6.45, 7) is 3.39. The van der Waals surface area contributed by atoms with Gasteiger partial charge in [-0.25, -0.2) is 0 Å². The first-order valence-electron chi connectivity index (χ1n) is 11.1. The Balaban J connectivity index is 0.00000320. The molecule has 2 fully saturated rings. The van der Waals surface area contributed by atoms with Gasteiger partial charge in [-0.1, -0.05) is 18.9 Å². The van der Waals surface area contributed by atoms with Crippen molar-refractivity contribution in [2.75, 3.05) is 40.3 Å². The van der Waals surface area contributed by atoms with E-state index in [0.29, 0.717) is 37.4 Å². The summed E-state index contributed by atoms with van der Waals surface area (Å²) in [6.07, 6.45) is 8.15. The van der Waals surface area contributed by atoms with E-state index in [4.69, 9.17) is 0 Å². The monoisotopic (exact) mass is 547 g/mol. The molecule has 1 saturated carbocycles. The van der Waals surface area contributed by atoms with Gasteiger partial charge in [-0.05, 0) is 62.6 Å². The minimum absolute atomic E-state index is 0. The number of carbonyl (C=O) groups is 1. The van der Waals surface area contributed by atoms with E-state index in [0.717, 1.165) is 19.0 Å². The number of nitrogens with zero attached hydrogens (tertiary/aromatic N) is 2. The van der Waals surface area contributed by atoms with Gasteiger partial charge in [0.1, 0.15) is 0 Å². The lowest BCUT2D eigenvalue weighted by Crippen LogP contribution is -2.46. The number of piperidine rings is 1. The molecule has 30 heavy (non-hydrogen) atoms. The molecule has 1 aliphatic carbocycles. The minimum atomic E-state index is 0. The maximum atomic E-state index is 12.0. The van der Waals surface area contributed by atoms with Crippen LogP contribution >= 0.6 is 35.3 Å². The molecule has 3 N–H and O–H groups in total. The third-order valence-electron chi connectivity index (χ3n) is 6.29. The zero-order chi connectivity index (χ0) is 20.5. The molecule has 1 aliphatic heterocycles. The SMILES string of the molecule is CN=C(NCCNC(=O)CC1CCCC1)NCC1CCCN(C)C1c1cccs1.I. The largest absolute Gasteiger partial charge is 0.356 e. The van der Waals surface area contributed by atoms with E-state index in [1.807, 2.05) is 11.3 Å². The van der Waals surface area contributed by atoms with E-state index in [1.165, 1.54) is 43.4 Å². The van der Waals surface area contributed by atoms with Crippen molar-refractivity contribution >= 4 is 47.2 Å². The van der Waals surface area contributed by atoms with Gasteiger partial charge in [0.25, 0.3) is 0 Å². The van der Waals surface area contributed by atoms with Crippen molar-refractivity contribution in [1.82, 2.24) is 20.9 Å². The summed E-state index contributed by atoms with van der Waals surface area (Å²) < 4.78 is 0. The van der Waals surface area contributed by atoms with E-state index in [2.05, 4.69) is 50.4 Å². The van der Waals surface area contributed by atoms with Crippen LogP contribution in [0.25, 0.3) is 0 Å². The molecule has 2 heterocycles. The Kier molecular flexibility index (Phi) is 11.4. The van der Waals surface area contributed by atoms with Gasteiger partial charge in [0, 0.05) is 44.0 Å². The highest BCUT2D eigenvalue weighted by atomic mass is 127. The summed E-state index contributed by atoms with van der Waals surface area (Å²) in [4.78, 5) is 20.3. The smallest absolute Gasteiger partial charge is 0.220 e. The second-order valence-corrected chi connectivity index (χ2v) is 9.41. The minimum Gasteiger partial charge on any atom is -0.356 e. The van der Waals surface area contributed by atoms with Gasteiger partial charge in [-0.15, -0.1) is 35.3 Å². The average molecular weight is 548 g/mol. The Hall–Kier alpha value is -0.870. The molecule has 1 aromatic rings. The van der Waals surface area contributed by atoms with Crippen LogP contribution in [0.1, 0.15) is 55.9 Å². The highest BCUT2D eigenvalue weighted by Gasteiger charge is 2.31. The Morgan fingerprint density at radius 1 is 1.17 bits per heavy atom. The van der Waals surface area contributed by atoms with Crippen LogP contribution in [0.2, 0.25) is 0 Å². The first kappa shape index (κ1) is 25.4. The highest BCUT2D eigenvalue weighted by Crippen LogP contribution is 2.36. The molecule has 0 bridgehead atoms. The normalized spacial score (nSPS) is 23.1. The number of aliphatic imine (C=N–C) groups is 1. The second-order valence-electron chi connectivity index (χ2n) is 8.43. The number of hydrogen-bond acceptors (Lipinski definition) is 4.